The molecule has 2 aromatic rings. The predicted octanol–water partition coefficient (Wildman–Crippen LogP) is 2.18. The Morgan fingerprint density at radius 3 is 2.73 bits per heavy atom. The van der Waals surface area contributed by atoms with Crippen molar-refractivity contribution in [2.75, 3.05) is 12.4 Å². The van der Waals surface area contributed by atoms with Gasteiger partial charge in [-0.05, 0) is 12.1 Å². The second kappa shape index (κ2) is 3.90. The molecule has 0 aliphatic heterocycles. The molecule has 1 N–H and O–H groups in total. The first kappa shape index (κ1) is 9.98. The van der Waals surface area contributed by atoms with Crippen LogP contribution in [0.15, 0.2) is 24.3 Å². The molecule has 78 valence electrons. The monoisotopic (exact) mass is 222 g/mol. The molecule has 5 heteroatoms. The van der Waals surface area contributed by atoms with Crippen molar-refractivity contribution in [2.24, 2.45) is 7.05 Å². The molecular weight excluding hydrogens is 212 g/mol. The maximum absolute atomic E-state index is 5.91. The van der Waals surface area contributed by atoms with Crippen molar-refractivity contribution in [1.29, 1.82) is 0 Å². The molecule has 0 aliphatic rings. The second-order valence-corrected chi connectivity index (χ2v) is 3.60. The van der Waals surface area contributed by atoms with Gasteiger partial charge in [0.15, 0.2) is 5.82 Å². The first-order valence-corrected chi connectivity index (χ1v) is 4.93. The summed E-state index contributed by atoms with van der Waals surface area (Å²) in [5.74, 6) is 1.52. The van der Waals surface area contributed by atoms with E-state index in [-0.39, 0.29) is 0 Å². The van der Waals surface area contributed by atoms with Crippen LogP contribution < -0.4 is 5.32 Å². The molecule has 0 unspecified atom stereocenters. The van der Waals surface area contributed by atoms with Gasteiger partial charge in [0.1, 0.15) is 0 Å². The average molecular weight is 223 g/mol. The van der Waals surface area contributed by atoms with Crippen molar-refractivity contribution in [3.63, 3.8) is 0 Å². The highest BCUT2D eigenvalue weighted by Crippen LogP contribution is 2.21. The van der Waals surface area contributed by atoms with Crippen molar-refractivity contribution >= 4 is 17.5 Å². The quantitative estimate of drug-likeness (QED) is 0.847. The van der Waals surface area contributed by atoms with Gasteiger partial charge < -0.3 is 5.32 Å². The van der Waals surface area contributed by atoms with E-state index in [1.165, 1.54) is 0 Å². The van der Waals surface area contributed by atoms with Crippen molar-refractivity contribution in [3.8, 4) is 11.4 Å². The first-order chi connectivity index (χ1) is 7.22. The van der Waals surface area contributed by atoms with Crippen LogP contribution in [-0.2, 0) is 7.05 Å². The maximum atomic E-state index is 5.91. The summed E-state index contributed by atoms with van der Waals surface area (Å²) in [6.45, 7) is 0. The van der Waals surface area contributed by atoms with Crippen molar-refractivity contribution in [3.05, 3.63) is 29.3 Å². The molecule has 0 bridgehead atoms. The van der Waals surface area contributed by atoms with E-state index in [0.29, 0.717) is 5.02 Å². The minimum Gasteiger partial charge on any atom is -0.357 e. The molecule has 1 aromatic carbocycles. The summed E-state index contributed by atoms with van der Waals surface area (Å²) in [6.07, 6.45) is 0. The van der Waals surface area contributed by atoms with Gasteiger partial charge in [-0.1, -0.05) is 23.7 Å². The van der Waals surface area contributed by atoms with Crippen LogP contribution in [-0.4, -0.2) is 21.8 Å². The van der Waals surface area contributed by atoms with E-state index in [1.54, 1.807) is 0 Å². The summed E-state index contributed by atoms with van der Waals surface area (Å²) in [7, 11) is 3.72. The van der Waals surface area contributed by atoms with Gasteiger partial charge in [0.05, 0.1) is 0 Å². The minimum absolute atomic E-state index is 0.696. The van der Waals surface area contributed by atoms with Crippen LogP contribution in [0.2, 0.25) is 5.02 Å². The third-order valence-corrected chi connectivity index (χ3v) is 2.42. The summed E-state index contributed by atoms with van der Waals surface area (Å²) in [5, 5.41) is 11.7. The normalized spacial score (nSPS) is 10.3. The zero-order chi connectivity index (χ0) is 10.8. The fourth-order valence-electron chi connectivity index (χ4n) is 1.43. The van der Waals surface area contributed by atoms with Crippen LogP contribution in [0.5, 0.6) is 0 Å². The molecule has 0 fully saturated rings. The Morgan fingerprint density at radius 1 is 1.33 bits per heavy atom. The second-order valence-electron chi connectivity index (χ2n) is 3.17. The molecule has 1 aromatic heterocycles. The fraction of sp³-hybridized carbons (Fsp3) is 0.200. The highest BCUT2D eigenvalue weighted by molar-refractivity contribution is 6.30. The molecule has 0 saturated heterocycles. The zero-order valence-electron chi connectivity index (χ0n) is 8.53. The van der Waals surface area contributed by atoms with E-state index in [1.807, 2.05) is 42.9 Å². The summed E-state index contributed by atoms with van der Waals surface area (Å²) in [4.78, 5) is 0. The Morgan fingerprint density at radius 2 is 2.13 bits per heavy atom. The lowest BCUT2D eigenvalue weighted by atomic mass is 10.2. The number of halogens is 1. The van der Waals surface area contributed by atoms with Crippen molar-refractivity contribution < 1.29 is 0 Å². The molecular formula is C10H11ClN4. The number of hydrogen-bond donors (Lipinski definition) is 1. The summed E-state index contributed by atoms with van der Waals surface area (Å²) >= 11 is 5.91. The van der Waals surface area contributed by atoms with Crippen LogP contribution in [0.1, 0.15) is 0 Å². The van der Waals surface area contributed by atoms with E-state index in [2.05, 4.69) is 15.5 Å². The van der Waals surface area contributed by atoms with Crippen LogP contribution in [0.3, 0.4) is 0 Å². The van der Waals surface area contributed by atoms with Crippen molar-refractivity contribution in [2.45, 2.75) is 0 Å². The molecule has 0 atom stereocenters. The average Bonchev–Trinajstić information content (AvgIpc) is 2.59. The van der Waals surface area contributed by atoms with Gasteiger partial charge >= 0.3 is 0 Å². The molecule has 0 amide bonds. The van der Waals surface area contributed by atoms with Gasteiger partial charge in [-0.2, -0.15) is 0 Å². The number of benzene rings is 1. The lowest BCUT2D eigenvalue weighted by molar-refractivity contribution is 0.925. The molecule has 0 spiro atoms. The summed E-state index contributed by atoms with van der Waals surface area (Å²) < 4.78 is 1.88. The van der Waals surface area contributed by atoms with Crippen LogP contribution in [0, 0.1) is 0 Å². The SMILES string of the molecule is CNc1nnc(-c2cccc(Cl)c2)n1C. The molecule has 0 saturated carbocycles. The standard InChI is InChI=1S/C10H11ClN4/c1-12-10-14-13-9(15(10)2)7-4-3-5-8(11)6-7/h3-6H,1-2H3,(H,12,14). The molecule has 2 rings (SSSR count). The van der Waals surface area contributed by atoms with Crippen molar-refractivity contribution in [1.82, 2.24) is 14.8 Å². The van der Waals surface area contributed by atoms with Gasteiger partial charge in [-0.25, -0.2) is 0 Å². The predicted molar refractivity (Wildman–Crippen MR) is 61.0 cm³/mol. The Labute approximate surface area is 92.9 Å². The Balaban J connectivity index is 2.49. The van der Waals surface area contributed by atoms with Gasteiger partial charge in [-0.3, -0.25) is 4.57 Å². The van der Waals surface area contributed by atoms with Crippen LogP contribution in [0.4, 0.5) is 5.95 Å². The minimum atomic E-state index is 0.696. The lowest BCUT2D eigenvalue weighted by Gasteiger charge is -2.03. The van der Waals surface area contributed by atoms with Gasteiger partial charge in [0, 0.05) is 24.7 Å². The smallest absolute Gasteiger partial charge is 0.224 e. The zero-order valence-corrected chi connectivity index (χ0v) is 9.28. The van der Waals surface area contributed by atoms with Gasteiger partial charge in [-0.15, -0.1) is 10.2 Å². The number of aromatic nitrogens is 3. The number of nitrogens with one attached hydrogen (secondary N) is 1. The molecule has 4 nitrogen and oxygen atoms in total. The third-order valence-electron chi connectivity index (χ3n) is 2.18. The van der Waals surface area contributed by atoms with Crippen LogP contribution >= 0.6 is 11.6 Å². The van der Waals surface area contributed by atoms with E-state index < -0.39 is 0 Å². The van der Waals surface area contributed by atoms with E-state index in [9.17, 15) is 0 Å². The Kier molecular flexibility index (Phi) is 2.60. The topological polar surface area (TPSA) is 42.7 Å². The maximum Gasteiger partial charge on any atom is 0.224 e. The fourth-order valence-corrected chi connectivity index (χ4v) is 1.62. The Bertz CT molecular complexity index is 478. The molecule has 1 heterocycles. The Hall–Kier alpha value is -1.55. The number of rotatable bonds is 2. The van der Waals surface area contributed by atoms with Gasteiger partial charge in [0.25, 0.3) is 0 Å². The van der Waals surface area contributed by atoms with Gasteiger partial charge in [0.2, 0.25) is 5.95 Å². The number of hydrogen-bond acceptors (Lipinski definition) is 3. The first-order valence-electron chi connectivity index (χ1n) is 4.55. The molecule has 0 radical (unpaired) electrons. The highest BCUT2D eigenvalue weighted by atomic mass is 35.5. The van der Waals surface area contributed by atoms with Crippen LogP contribution in [0.25, 0.3) is 11.4 Å². The summed E-state index contributed by atoms with van der Waals surface area (Å²) in [6, 6.07) is 7.55. The molecule has 15 heavy (non-hydrogen) atoms. The third kappa shape index (κ3) is 1.80. The summed E-state index contributed by atoms with van der Waals surface area (Å²) in [5.41, 5.74) is 0.957. The number of anilines is 1. The largest absolute Gasteiger partial charge is 0.357 e. The number of nitrogens with zero attached hydrogens (tertiary/aromatic N) is 3. The highest BCUT2D eigenvalue weighted by Gasteiger charge is 2.08. The van der Waals surface area contributed by atoms with E-state index >= 15 is 0 Å². The molecule has 0 aliphatic carbocycles. The van der Waals surface area contributed by atoms with E-state index in [0.717, 1.165) is 17.3 Å². The lowest BCUT2D eigenvalue weighted by Crippen LogP contribution is -1.99. The van der Waals surface area contributed by atoms with E-state index in [4.69, 9.17) is 11.6 Å².